The van der Waals surface area contributed by atoms with Gasteiger partial charge in [-0.2, -0.15) is 5.10 Å². The first kappa shape index (κ1) is 16.9. The number of carbonyl (C=O) groups is 1. The zero-order valence-corrected chi connectivity index (χ0v) is 13.3. The molecule has 0 bridgehead atoms. The standard InChI is InChI=1S/C13H24N6O2/c1-6-14-12(15-7-10-17-9-18-19(10)5)16-8-11(20)21-13(2,3)4/h9H,6-8H2,1-5H3,(H2,14,15,16). The van der Waals surface area contributed by atoms with E-state index in [2.05, 4.69) is 25.7 Å². The monoisotopic (exact) mass is 296 g/mol. The number of aromatic nitrogens is 3. The summed E-state index contributed by atoms with van der Waals surface area (Å²) in [5.41, 5.74) is -0.493. The molecule has 0 aliphatic rings. The van der Waals surface area contributed by atoms with E-state index in [0.29, 0.717) is 19.0 Å². The predicted octanol–water partition coefficient (Wildman–Crippen LogP) is 0.212. The molecule has 0 amide bonds. The van der Waals surface area contributed by atoms with Crippen LogP contribution in [-0.4, -0.2) is 45.4 Å². The van der Waals surface area contributed by atoms with Crippen LogP contribution in [0.25, 0.3) is 0 Å². The molecule has 1 rings (SSSR count). The molecule has 0 aliphatic heterocycles. The number of esters is 1. The van der Waals surface area contributed by atoms with Crippen LogP contribution in [0.15, 0.2) is 11.3 Å². The van der Waals surface area contributed by atoms with E-state index < -0.39 is 5.60 Å². The van der Waals surface area contributed by atoms with E-state index in [-0.39, 0.29) is 12.5 Å². The van der Waals surface area contributed by atoms with Crippen molar-refractivity contribution >= 4 is 11.9 Å². The number of aliphatic imine (C=N–C) groups is 1. The third-order valence-electron chi connectivity index (χ3n) is 2.35. The fourth-order valence-corrected chi connectivity index (χ4v) is 1.49. The van der Waals surface area contributed by atoms with Crippen molar-refractivity contribution in [3.05, 3.63) is 12.2 Å². The van der Waals surface area contributed by atoms with Crippen LogP contribution in [0.5, 0.6) is 0 Å². The molecular weight excluding hydrogens is 272 g/mol. The average Bonchev–Trinajstić information content (AvgIpc) is 2.76. The molecule has 0 atom stereocenters. The topological polar surface area (TPSA) is 93.4 Å². The number of carbonyl (C=O) groups excluding carboxylic acids is 1. The number of hydrogen-bond acceptors (Lipinski definition) is 5. The zero-order chi connectivity index (χ0) is 15.9. The van der Waals surface area contributed by atoms with Crippen molar-refractivity contribution in [2.24, 2.45) is 12.0 Å². The van der Waals surface area contributed by atoms with Crippen molar-refractivity contribution in [1.82, 2.24) is 25.4 Å². The Balaban J connectivity index is 2.53. The number of aryl methyl sites for hydroxylation is 1. The van der Waals surface area contributed by atoms with Crippen molar-refractivity contribution in [3.8, 4) is 0 Å². The average molecular weight is 296 g/mol. The molecule has 0 aromatic carbocycles. The predicted molar refractivity (Wildman–Crippen MR) is 79.7 cm³/mol. The second-order valence-electron chi connectivity index (χ2n) is 5.44. The first-order valence-electron chi connectivity index (χ1n) is 6.88. The number of hydrogen-bond donors (Lipinski definition) is 2. The third-order valence-corrected chi connectivity index (χ3v) is 2.35. The molecule has 2 N–H and O–H groups in total. The Kier molecular flexibility index (Phi) is 6.13. The summed E-state index contributed by atoms with van der Waals surface area (Å²) in [6.45, 7) is 8.57. The molecule has 21 heavy (non-hydrogen) atoms. The van der Waals surface area contributed by atoms with Crippen LogP contribution in [-0.2, 0) is 23.1 Å². The Labute approximate surface area is 125 Å². The minimum absolute atomic E-state index is 0.0575. The van der Waals surface area contributed by atoms with Crippen LogP contribution >= 0.6 is 0 Å². The number of ether oxygens (including phenoxy) is 1. The van der Waals surface area contributed by atoms with Gasteiger partial charge in [-0.25, -0.2) is 9.98 Å². The second-order valence-corrected chi connectivity index (χ2v) is 5.44. The lowest BCUT2D eigenvalue weighted by Crippen LogP contribution is -2.41. The fourth-order valence-electron chi connectivity index (χ4n) is 1.49. The highest BCUT2D eigenvalue weighted by Gasteiger charge is 2.16. The van der Waals surface area contributed by atoms with Crippen molar-refractivity contribution in [1.29, 1.82) is 0 Å². The first-order chi connectivity index (χ1) is 9.81. The maximum absolute atomic E-state index is 11.7. The number of rotatable bonds is 5. The molecule has 1 aromatic rings. The normalized spacial score (nSPS) is 12.1. The van der Waals surface area contributed by atoms with Gasteiger partial charge in [0.05, 0.1) is 0 Å². The summed E-state index contributed by atoms with van der Waals surface area (Å²) in [6.07, 6.45) is 1.48. The van der Waals surface area contributed by atoms with E-state index in [4.69, 9.17) is 4.74 Å². The smallest absolute Gasteiger partial charge is 0.325 e. The van der Waals surface area contributed by atoms with Crippen molar-refractivity contribution < 1.29 is 9.53 Å². The summed E-state index contributed by atoms with van der Waals surface area (Å²) in [4.78, 5) is 20.1. The SMILES string of the molecule is CCNC(=NCc1ncnn1C)NCC(=O)OC(C)(C)C. The highest BCUT2D eigenvalue weighted by atomic mass is 16.6. The van der Waals surface area contributed by atoms with Gasteiger partial charge in [0.25, 0.3) is 0 Å². The molecule has 1 heterocycles. The van der Waals surface area contributed by atoms with Gasteiger partial charge in [0.1, 0.15) is 30.8 Å². The molecular formula is C13H24N6O2. The summed E-state index contributed by atoms with van der Waals surface area (Å²) in [5.74, 6) is 0.947. The maximum atomic E-state index is 11.7. The molecule has 8 nitrogen and oxygen atoms in total. The Morgan fingerprint density at radius 1 is 1.43 bits per heavy atom. The van der Waals surface area contributed by atoms with Crippen molar-refractivity contribution in [3.63, 3.8) is 0 Å². The molecule has 0 saturated carbocycles. The number of guanidine groups is 1. The molecule has 8 heteroatoms. The molecule has 0 radical (unpaired) electrons. The zero-order valence-electron chi connectivity index (χ0n) is 13.3. The van der Waals surface area contributed by atoms with E-state index >= 15 is 0 Å². The van der Waals surface area contributed by atoms with E-state index in [9.17, 15) is 4.79 Å². The van der Waals surface area contributed by atoms with Crippen molar-refractivity contribution in [2.75, 3.05) is 13.1 Å². The van der Waals surface area contributed by atoms with Gasteiger partial charge in [-0.15, -0.1) is 0 Å². The van der Waals surface area contributed by atoms with E-state index in [0.717, 1.165) is 5.82 Å². The van der Waals surface area contributed by atoms with E-state index in [1.807, 2.05) is 27.7 Å². The van der Waals surface area contributed by atoms with Crippen LogP contribution in [0.3, 0.4) is 0 Å². The molecule has 118 valence electrons. The minimum atomic E-state index is -0.493. The van der Waals surface area contributed by atoms with Gasteiger partial charge in [-0.05, 0) is 27.7 Å². The summed E-state index contributed by atoms with van der Waals surface area (Å²) in [5, 5.41) is 9.96. The summed E-state index contributed by atoms with van der Waals surface area (Å²) in [7, 11) is 1.80. The molecule has 0 unspecified atom stereocenters. The fraction of sp³-hybridized carbons (Fsp3) is 0.692. The summed E-state index contributed by atoms with van der Waals surface area (Å²) >= 11 is 0. The van der Waals surface area contributed by atoms with Gasteiger partial charge in [0, 0.05) is 13.6 Å². The molecule has 0 spiro atoms. The highest BCUT2D eigenvalue weighted by molar-refractivity contribution is 5.84. The van der Waals surface area contributed by atoms with Gasteiger partial charge in [-0.1, -0.05) is 0 Å². The maximum Gasteiger partial charge on any atom is 0.325 e. The lowest BCUT2D eigenvalue weighted by atomic mass is 10.2. The first-order valence-corrected chi connectivity index (χ1v) is 6.88. The Bertz CT molecular complexity index is 489. The molecule has 0 aliphatic carbocycles. The minimum Gasteiger partial charge on any atom is -0.459 e. The van der Waals surface area contributed by atoms with Gasteiger partial charge in [0.2, 0.25) is 0 Å². The Morgan fingerprint density at radius 3 is 2.67 bits per heavy atom. The lowest BCUT2D eigenvalue weighted by molar-refractivity contribution is -0.153. The highest BCUT2D eigenvalue weighted by Crippen LogP contribution is 2.06. The van der Waals surface area contributed by atoms with Gasteiger partial charge < -0.3 is 15.4 Å². The largest absolute Gasteiger partial charge is 0.459 e. The van der Waals surface area contributed by atoms with E-state index in [1.165, 1.54) is 6.33 Å². The summed E-state index contributed by atoms with van der Waals surface area (Å²) in [6, 6.07) is 0. The molecule has 1 aromatic heterocycles. The quantitative estimate of drug-likeness (QED) is 0.458. The van der Waals surface area contributed by atoms with Crippen LogP contribution in [0.2, 0.25) is 0 Å². The van der Waals surface area contributed by atoms with E-state index in [1.54, 1.807) is 11.7 Å². The van der Waals surface area contributed by atoms with Gasteiger partial charge in [-0.3, -0.25) is 9.48 Å². The molecule has 0 fully saturated rings. The second kappa shape index (κ2) is 7.61. The third kappa shape index (κ3) is 6.73. The van der Waals surface area contributed by atoms with Crippen LogP contribution in [0.4, 0.5) is 0 Å². The number of nitrogens with zero attached hydrogens (tertiary/aromatic N) is 4. The molecule has 0 saturated heterocycles. The van der Waals surface area contributed by atoms with Crippen LogP contribution in [0, 0.1) is 0 Å². The Morgan fingerprint density at radius 2 is 2.14 bits per heavy atom. The summed E-state index contributed by atoms with van der Waals surface area (Å²) < 4.78 is 6.88. The van der Waals surface area contributed by atoms with Gasteiger partial charge >= 0.3 is 5.97 Å². The Hall–Kier alpha value is -2.12. The van der Waals surface area contributed by atoms with Crippen LogP contribution < -0.4 is 10.6 Å². The van der Waals surface area contributed by atoms with Crippen LogP contribution in [0.1, 0.15) is 33.5 Å². The number of nitrogens with one attached hydrogen (secondary N) is 2. The lowest BCUT2D eigenvalue weighted by Gasteiger charge is -2.20. The van der Waals surface area contributed by atoms with Gasteiger partial charge in [0.15, 0.2) is 5.96 Å². The van der Waals surface area contributed by atoms with Crippen molar-refractivity contribution in [2.45, 2.75) is 39.8 Å².